The van der Waals surface area contributed by atoms with Crippen LogP contribution in [0.3, 0.4) is 0 Å². The minimum atomic E-state index is -0.451. The maximum atomic E-state index is 12.5. The van der Waals surface area contributed by atoms with E-state index in [-0.39, 0.29) is 18.9 Å². The molecule has 0 aliphatic carbocycles. The van der Waals surface area contributed by atoms with Crippen LogP contribution in [0, 0.1) is 6.92 Å². The molecule has 6 nitrogen and oxygen atoms in total. The van der Waals surface area contributed by atoms with Gasteiger partial charge in [-0.15, -0.1) is 0 Å². The smallest absolute Gasteiger partial charge is 0.350 e. The quantitative estimate of drug-likeness (QED) is 0.581. The molecule has 3 rings (SSSR count). The fraction of sp³-hybridized carbons (Fsp3) is 0.227. The number of rotatable bonds is 7. The molecule has 7 heteroatoms. The molecular weight excluding hydrogens is 388 g/mol. The molecule has 0 fully saturated rings. The van der Waals surface area contributed by atoms with Crippen LogP contribution in [-0.4, -0.2) is 30.6 Å². The van der Waals surface area contributed by atoms with Crippen LogP contribution in [-0.2, 0) is 16.0 Å². The molecule has 1 heterocycles. The Hall–Kier alpha value is -3.19. The van der Waals surface area contributed by atoms with E-state index in [0.717, 1.165) is 33.8 Å². The van der Waals surface area contributed by atoms with Crippen LogP contribution in [0.25, 0.3) is 11.3 Å². The number of hydrogen-bond donors (Lipinski definition) is 1. The number of anilines is 1. The zero-order valence-electron chi connectivity index (χ0n) is 16.5. The van der Waals surface area contributed by atoms with Crippen LogP contribution in [0.1, 0.15) is 27.7 Å². The normalized spacial score (nSPS) is 10.4. The third kappa shape index (κ3) is 5.00. The Morgan fingerprint density at radius 2 is 1.90 bits per heavy atom. The standard InChI is InChI=1S/C22H22N2O4S/c1-4-28-21(26)20-19(16-8-6-5-7-9-16)24-22(29-20)23-18(25)13-15-11-10-14(2)17(12-15)27-3/h5-12H,4,13H2,1-3H3,(H,23,24,25). The molecule has 0 saturated carbocycles. The first kappa shape index (κ1) is 20.5. The molecule has 1 N–H and O–H groups in total. The number of thiazole rings is 1. The SMILES string of the molecule is CCOC(=O)c1sc(NC(=O)Cc2ccc(C)c(OC)c2)nc1-c1ccccc1. The summed E-state index contributed by atoms with van der Waals surface area (Å²) in [6.07, 6.45) is 0.172. The van der Waals surface area contributed by atoms with E-state index in [4.69, 9.17) is 9.47 Å². The number of aryl methyl sites for hydroxylation is 1. The summed E-state index contributed by atoms with van der Waals surface area (Å²) in [5, 5.41) is 3.15. The highest BCUT2D eigenvalue weighted by molar-refractivity contribution is 7.18. The van der Waals surface area contributed by atoms with E-state index in [1.165, 1.54) is 0 Å². The molecule has 0 spiro atoms. The predicted molar refractivity (Wildman–Crippen MR) is 114 cm³/mol. The topological polar surface area (TPSA) is 77.5 Å². The van der Waals surface area contributed by atoms with Crippen molar-refractivity contribution in [3.05, 3.63) is 64.5 Å². The summed E-state index contributed by atoms with van der Waals surface area (Å²) in [5.41, 5.74) is 3.12. The monoisotopic (exact) mass is 410 g/mol. The highest BCUT2D eigenvalue weighted by atomic mass is 32.1. The average Bonchev–Trinajstić information content (AvgIpc) is 3.14. The first-order valence-electron chi connectivity index (χ1n) is 9.18. The summed E-state index contributed by atoms with van der Waals surface area (Å²) in [6, 6.07) is 15.0. The minimum Gasteiger partial charge on any atom is -0.496 e. The van der Waals surface area contributed by atoms with Crippen LogP contribution < -0.4 is 10.1 Å². The third-order valence-corrected chi connectivity index (χ3v) is 5.17. The van der Waals surface area contributed by atoms with E-state index < -0.39 is 5.97 Å². The molecule has 150 valence electrons. The molecule has 0 aliphatic heterocycles. The Kier molecular flexibility index (Phi) is 6.61. The highest BCUT2D eigenvalue weighted by Gasteiger charge is 2.21. The number of amides is 1. The Morgan fingerprint density at radius 1 is 1.14 bits per heavy atom. The van der Waals surface area contributed by atoms with E-state index in [2.05, 4.69) is 10.3 Å². The van der Waals surface area contributed by atoms with E-state index in [1.54, 1.807) is 14.0 Å². The van der Waals surface area contributed by atoms with Crippen molar-refractivity contribution in [2.24, 2.45) is 0 Å². The first-order valence-corrected chi connectivity index (χ1v) is 10.00. The number of methoxy groups -OCH3 is 1. The molecule has 0 bridgehead atoms. The van der Waals surface area contributed by atoms with Crippen molar-refractivity contribution >= 4 is 28.3 Å². The number of aromatic nitrogens is 1. The van der Waals surface area contributed by atoms with Crippen molar-refractivity contribution in [1.29, 1.82) is 0 Å². The summed E-state index contributed by atoms with van der Waals surface area (Å²) in [7, 11) is 1.60. The number of carbonyl (C=O) groups excluding carboxylic acids is 2. The fourth-order valence-electron chi connectivity index (χ4n) is 2.82. The van der Waals surface area contributed by atoms with Crippen molar-refractivity contribution in [3.8, 4) is 17.0 Å². The second kappa shape index (κ2) is 9.34. The second-order valence-electron chi connectivity index (χ2n) is 6.31. The molecule has 0 radical (unpaired) electrons. The molecule has 0 saturated heterocycles. The van der Waals surface area contributed by atoms with Gasteiger partial charge >= 0.3 is 5.97 Å². The highest BCUT2D eigenvalue weighted by Crippen LogP contribution is 2.32. The number of benzene rings is 2. The molecule has 0 aliphatic rings. The summed E-state index contributed by atoms with van der Waals surface area (Å²) in [4.78, 5) is 29.7. The van der Waals surface area contributed by atoms with Crippen molar-refractivity contribution in [1.82, 2.24) is 4.98 Å². The number of hydrogen-bond acceptors (Lipinski definition) is 6. The van der Waals surface area contributed by atoms with Crippen LogP contribution in [0.5, 0.6) is 5.75 Å². The van der Waals surface area contributed by atoms with Crippen molar-refractivity contribution in [2.45, 2.75) is 20.3 Å². The number of nitrogens with one attached hydrogen (secondary N) is 1. The number of carbonyl (C=O) groups is 2. The lowest BCUT2D eigenvalue weighted by Gasteiger charge is -2.07. The summed E-state index contributed by atoms with van der Waals surface area (Å²) >= 11 is 1.11. The molecule has 1 aromatic heterocycles. The van der Waals surface area contributed by atoms with Crippen molar-refractivity contribution in [2.75, 3.05) is 19.0 Å². The molecule has 1 amide bonds. The molecule has 29 heavy (non-hydrogen) atoms. The summed E-state index contributed by atoms with van der Waals surface area (Å²) < 4.78 is 10.5. The molecular formula is C22H22N2O4S. The largest absolute Gasteiger partial charge is 0.496 e. The Bertz CT molecular complexity index is 1010. The van der Waals surface area contributed by atoms with Crippen LogP contribution in [0.15, 0.2) is 48.5 Å². The van der Waals surface area contributed by atoms with Crippen LogP contribution >= 0.6 is 11.3 Å². The minimum absolute atomic E-state index is 0.172. The lowest BCUT2D eigenvalue weighted by Crippen LogP contribution is -2.14. The van der Waals surface area contributed by atoms with Gasteiger partial charge in [-0.2, -0.15) is 0 Å². The van der Waals surface area contributed by atoms with Crippen LogP contribution in [0.4, 0.5) is 5.13 Å². The van der Waals surface area contributed by atoms with Gasteiger partial charge in [-0.3, -0.25) is 4.79 Å². The van der Waals surface area contributed by atoms with Crippen molar-refractivity contribution < 1.29 is 19.1 Å². The van der Waals surface area contributed by atoms with Crippen molar-refractivity contribution in [3.63, 3.8) is 0 Å². The lowest BCUT2D eigenvalue weighted by molar-refractivity contribution is -0.115. The van der Waals surface area contributed by atoms with Crippen LogP contribution in [0.2, 0.25) is 0 Å². The lowest BCUT2D eigenvalue weighted by atomic mass is 10.1. The predicted octanol–water partition coefficient (Wildman–Crippen LogP) is 4.49. The van der Waals surface area contributed by atoms with Gasteiger partial charge in [-0.25, -0.2) is 9.78 Å². The summed E-state index contributed by atoms with van der Waals surface area (Å²) in [5.74, 6) is 0.0628. The number of esters is 1. The Morgan fingerprint density at radius 3 is 2.59 bits per heavy atom. The molecule has 3 aromatic rings. The van der Waals surface area contributed by atoms with Gasteiger partial charge in [0, 0.05) is 5.56 Å². The average molecular weight is 410 g/mol. The van der Waals surface area contributed by atoms with Gasteiger partial charge in [-0.05, 0) is 31.0 Å². The van der Waals surface area contributed by atoms with E-state index in [0.29, 0.717) is 15.7 Å². The zero-order valence-corrected chi connectivity index (χ0v) is 17.3. The van der Waals surface area contributed by atoms with Gasteiger partial charge in [0.2, 0.25) is 5.91 Å². The maximum absolute atomic E-state index is 12.5. The fourth-order valence-corrected chi connectivity index (χ4v) is 3.72. The van der Waals surface area contributed by atoms with Gasteiger partial charge in [0.1, 0.15) is 10.6 Å². The molecule has 2 aromatic carbocycles. The van der Waals surface area contributed by atoms with E-state index >= 15 is 0 Å². The Labute approximate surface area is 173 Å². The number of nitrogens with zero attached hydrogens (tertiary/aromatic N) is 1. The van der Waals surface area contributed by atoms with Gasteiger partial charge in [0.05, 0.1) is 25.8 Å². The van der Waals surface area contributed by atoms with Gasteiger partial charge in [-0.1, -0.05) is 53.8 Å². The van der Waals surface area contributed by atoms with Gasteiger partial charge in [0.25, 0.3) is 0 Å². The maximum Gasteiger partial charge on any atom is 0.350 e. The van der Waals surface area contributed by atoms with E-state index in [1.807, 2.05) is 55.5 Å². The Balaban J connectivity index is 1.81. The number of ether oxygens (including phenoxy) is 2. The molecule has 0 unspecified atom stereocenters. The van der Waals surface area contributed by atoms with Gasteiger partial charge in [0.15, 0.2) is 5.13 Å². The summed E-state index contributed by atoms with van der Waals surface area (Å²) in [6.45, 7) is 3.96. The molecule has 0 atom stereocenters. The van der Waals surface area contributed by atoms with E-state index in [9.17, 15) is 9.59 Å². The second-order valence-corrected chi connectivity index (χ2v) is 7.31. The first-order chi connectivity index (χ1) is 14.0. The zero-order chi connectivity index (χ0) is 20.8. The van der Waals surface area contributed by atoms with Gasteiger partial charge < -0.3 is 14.8 Å². The third-order valence-electron chi connectivity index (χ3n) is 4.22.